The lowest BCUT2D eigenvalue weighted by Gasteiger charge is -2.26. The van der Waals surface area contributed by atoms with Crippen LogP contribution in [0.5, 0.6) is 0 Å². The van der Waals surface area contributed by atoms with Gasteiger partial charge >= 0.3 is 6.03 Å². The van der Waals surface area contributed by atoms with E-state index in [9.17, 15) is 18.4 Å². The number of carbonyl (C=O) groups excluding carboxylic acids is 2. The maximum absolute atomic E-state index is 13.5. The van der Waals surface area contributed by atoms with Crippen molar-refractivity contribution in [1.82, 2.24) is 30.0 Å². The Kier molecular flexibility index (Phi) is 7.22. The first kappa shape index (κ1) is 25.2. The van der Waals surface area contributed by atoms with Crippen molar-refractivity contribution < 1.29 is 18.4 Å². The van der Waals surface area contributed by atoms with Crippen LogP contribution in [0.4, 0.5) is 18.7 Å². The first-order valence-electron chi connectivity index (χ1n) is 11.8. The zero-order chi connectivity index (χ0) is 26.6. The number of anilines is 1. The Hall–Kier alpha value is -4.45. The fraction of sp³-hybridized carbons (Fsp3) is 0.192. The molecule has 2 aromatic heterocycles. The quantitative estimate of drug-likeness (QED) is 0.345. The zero-order valence-electron chi connectivity index (χ0n) is 20.2. The molecule has 0 saturated carbocycles. The fourth-order valence-electron chi connectivity index (χ4n) is 3.99. The van der Waals surface area contributed by atoms with Gasteiger partial charge < -0.3 is 10.2 Å². The summed E-state index contributed by atoms with van der Waals surface area (Å²) in [6, 6.07) is 11.1. The highest BCUT2D eigenvalue weighted by Gasteiger charge is 2.26. The van der Waals surface area contributed by atoms with Crippen molar-refractivity contribution in [2.45, 2.75) is 19.5 Å². The molecule has 0 aliphatic carbocycles. The predicted molar refractivity (Wildman–Crippen MR) is 139 cm³/mol. The molecule has 3 amide bonds. The molecular weight excluding hydrogens is 512 g/mol. The van der Waals surface area contributed by atoms with Crippen LogP contribution in [-0.4, -0.2) is 49.7 Å². The summed E-state index contributed by atoms with van der Waals surface area (Å²) < 4.78 is 28.4. The van der Waals surface area contributed by atoms with E-state index in [0.717, 1.165) is 10.6 Å². The van der Waals surface area contributed by atoms with E-state index in [2.05, 4.69) is 32.3 Å². The van der Waals surface area contributed by atoms with E-state index < -0.39 is 5.82 Å². The van der Waals surface area contributed by atoms with E-state index in [-0.39, 0.29) is 24.3 Å². The van der Waals surface area contributed by atoms with Gasteiger partial charge in [0.05, 0.1) is 12.2 Å². The van der Waals surface area contributed by atoms with Crippen molar-refractivity contribution >= 4 is 28.4 Å². The molecule has 12 heteroatoms. The molecule has 5 rings (SSSR count). The smallest absolute Gasteiger partial charge is 0.321 e. The SMILES string of the molecule is C=CCNC(=O)Nc1nc2c(s1)CCN(C(=O)Cn1nc(-c3ccc(F)cc3)nc1-c1ccc(F)cc1)C2. The minimum Gasteiger partial charge on any atom is -0.335 e. The second-order valence-electron chi connectivity index (χ2n) is 8.51. The summed E-state index contributed by atoms with van der Waals surface area (Å²) in [5.41, 5.74) is 1.91. The molecule has 2 aromatic carbocycles. The molecule has 0 atom stereocenters. The lowest BCUT2D eigenvalue weighted by Crippen LogP contribution is -2.38. The fourth-order valence-corrected chi connectivity index (χ4v) is 4.94. The lowest BCUT2D eigenvalue weighted by molar-refractivity contribution is -0.133. The van der Waals surface area contributed by atoms with Gasteiger partial charge in [-0.1, -0.05) is 6.08 Å². The maximum Gasteiger partial charge on any atom is 0.321 e. The molecule has 1 aliphatic heterocycles. The number of urea groups is 1. The van der Waals surface area contributed by atoms with Crippen LogP contribution in [0.1, 0.15) is 10.6 Å². The molecule has 0 unspecified atom stereocenters. The van der Waals surface area contributed by atoms with Gasteiger partial charge in [-0.3, -0.25) is 10.1 Å². The van der Waals surface area contributed by atoms with E-state index in [1.54, 1.807) is 35.2 Å². The molecule has 0 fully saturated rings. The van der Waals surface area contributed by atoms with E-state index in [1.165, 1.54) is 40.3 Å². The first-order valence-corrected chi connectivity index (χ1v) is 12.6. The minimum atomic E-state index is -0.394. The molecule has 3 heterocycles. The van der Waals surface area contributed by atoms with Crippen LogP contribution >= 0.6 is 11.3 Å². The largest absolute Gasteiger partial charge is 0.335 e. The van der Waals surface area contributed by atoms with Crippen LogP contribution in [-0.2, 0) is 24.3 Å². The first-order chi connectivity index (χ1) is 18.4. The van der Waals surface area contributed by atoms with Gasteiger partial charge in [-0.05, 0) is 48.5 Å². The third kappa shape index (κ3) is 5.59. The molecule has 1 aliphatic rings. The monoisotopic (exact) mass is 535 g/mol. The van der Waals surface area contributed by atoms with E-state index in [1.807, 2.05) is 0 Å². The normalized spacial score (nSPS) is 12.6. The number of amides is 3. The van der Waals surface area contributed by atoms with Gasteiger partial charge in [0.1, 0.15) is 18.2 Å². The zero-order valence-corrected chi connectivity index (χ0v) is 21.0. The number of thiazole rings is 1. The molecule has 0 bridgehead atoms. The Morgan fingerprint density at radius 2 is 1.71 bits per heavy atom. The number of nitrogens with one attached hydrogen (secondary N) is 2. The standard InChI is InChI=1S/C26H23F2N7O2S/c1-2-12-29-25(37)32-26-30-20-14-34(13-11-21(20)38-26)22(36)15-35-24(17-5-9-19(28)10-6-17)31-23(33-35)16-3-7-18(27)8-4-16/h2-10H,1,11-15H2,(H2,29,30,32,37). The molecule has 9 nitrogen and oxygen atoms in total. The third-order valence-corrected chi connectivity index (χ3v) is 6.94. The molecule has 194 valence electrons. The van der Waals surface area contributed by atoms with Crippen LogP contribution in [0.3, 0.4) is 0 Å². The molecule has 2 N–H and O–H groups in total. The summed E-state index contributed by atoms with van der Waals surface area (Å²) >= 11 is 1.39. The van der Waals surface area contributed by atoms with Crippen LogP contribution in [0, 0.1) is 11.6 Å². The molecular formula is C26H23F2N7O2S. The maximum atomic E-state index is 13.5. The summed E-state index contributed by atoms with van der Waals surface area (Å²) in [6.45, 7) is 4.58. The van der Waals surface area contributed by atoms with Gasteiger partial charge in [0, 0.05) is 35.5 Å². The lowest BCUT2D eigenvalue weighted by atomic mass is 10.2. The highest BCUT2D eigenvalue weighted by atomic mass is 32.1. The van der Waals surface area contributed by atoms with Crippen molar-refractivity contribution in [3.8, 4) is 22.8 Å². The highest BCUT2D eigenvalue weighted by molar-refractivity contribution is 7.15. The number of hydrogen-bond donors (Lipinski definition) is 2. The average Bonchev–Trinajstić information content (AvgIpc) is 3.51. The predicted octanol–water partition coefficient (Wildman–Crippen LogP) is 4.24. The summed E-state index contributed by atoms with van der Waals surface area (Å²) in [4.78, 5) is 37.0. The van der Waals surface area contributed by atoms with Gasteiger partial charge in [0.2, 0.25) is 5.91 Å². The summed E-state index contributed by atoms with van der Waals surface area (Å²) in [6.07, 6.45) is 2.19. The number of benzene rings is 2. The number of carbonyl (C=O) groups is 2. The molecule has 4 aromatic rings. The Morgan fingerprint density at radius 1 is 1.03 bits per heavy atom. The topological polar surface area (TPSA) is 105 Å². The molecule has 0 saturated heterocycles. The van der Waals surface area contributed by atoms with Crippen molar-refractivity contribution in [3.63, 3.8) is 0 Å². The second kappa shape index (κ2) is 10.9. The second-order valence-corrected chi connectivity index (χ2v) is 9.59. The van der Waals surface area contributed by atoms with Gasteiger partial charge in [-0.25, -0.2) is 28.2 Å². The van der Waals surface area contributed by atoms with Crippen LogP contribution in [0.2, 0.25) is 0 Å². The van der Waals surface area contributed by atoms with Crippen molar-refractivity contribution in [1.29, 1.82) is 0 Å². The van der Waals surface area contributed by atoms with E-state index in [4.69, 9.17) is 0 Å². The average molecular weight is 536 g/mol. The Morgan fingerprint density at radius 3 is 2.39 bits per heavy atom. The van der Waals surface area contributed by atoms with Gasteiger partial charge in [-0.2, -0.15) is 0 Å². The molecule has 0 radical (unpaired) electrons. The number of nitrogens with zero attached hydrogens (tertiary/aromatic N) is 5. The van der Waals surface area contributed by atoms with Crippen LogP contribution in [0.25, 0.3) is 22.8 Å². The third-order valence-electron chi connectivity index (χ3n) is 5.87. The van der Waals surface area contributed by atoms with Gasteiger partial charge in [-0.15, -0.1) is 23.0 Å². The molecule has 0 spiro atoms. The van der Waals surface area contributed by atoms with Crippen LogP contribution < -0.4 is 10.6 Å². The summed E-state index contributed by atoms with van der Waals surface area (Å²) in [5.74, 6) is -0.261. The van der Waals surface area contributed by atoms with Crippen molar-refractivity contribution in [3.05, 3.63) is 83.4 Å². The number of fused-ring (bicyclic) bond motifs is 1. The Bertz CT molecular complexity index is 1480. The Labute approximate surface area is 220 Å². The van der Waals surface area contributed by atoms with Crippen molar-refractivity contribution in [2.75, 3.05) is 18.4 Å². The molecule has 38 heavy (non-hydrogen) atoms. The van der Waals surface area contributed by atoms with Gasteiger partial charge in [0.15, 0.2) is 16.8 Å². The van der Waals surface area contributed by atoms with Crippen LogP contribution in [0.15, 0.2) is 61.2 Å². The van der Waals surface area contributed by atoms with Gasteiger partial charge in [0.25, 0.3) is 0 Å². The van der Waals surface area contributed by atoms with E-state index >= 15 is 0 Å². The minimum absolute atomic E-state index is 0.102. The number of hydrogen-bond acceptors (Lipinski definition) is 6. The Balaban J connectivity index is 1.35. The highest BCUT2D eigenvalue weighted by Crippen LogP contribution is 2.29. The van der Waals surface area contributed by atoms with E-state index in [0.29, 0.717) is 54.0 Å². The summed E-state index contributed by atoms with van der Waals surface area (Å²) in [7, 11) is 0. The van der Waals surface area contributed by atoms with Crippen molar-refractivity contribution in [2.24, 2.45) is 0 Å². The summed E-state index contributed by atoms with van der Waals surface area (Å²) in [5, 5.41) is 10.3. The number of aromatic nitrogens is 4. The number of rotatable bonds is 7. The number of halogens is 2.